The molecule has 3 fully saturated rings. The van der Waals surface area contributed by atoms with Crippen molar-refractivity contribution in [3.05, 3.63) is 24.3 Å². The van der Waals surface area contributed by atoms with Gasteiger partial charge in [0.2, 0.25) is 5.91 Å². The summed E-state index contributed by atoms with van der Waals surface area (Å²) >= 11 is 0. The van der Waals surface area contributed by atoms with Crippen LogP contribution in [0.3, 0.4) is 0 Å². The van der Waals surface area contributed by atoms with Gasteiger partial charge in [-0.05, 0) is 49.9 Å². The number of nitrogens with zero attached hydrogens (tertiary/aromatic N) is 2. The van der Waals surface area contributed by atoms with E-state index in [9.17, 15) is 14.4 Å². The van der Waals surface area contributed by atoms with E-state index in [1.54, 1.807) is 6.92 Å². The van der Waals surface area contributed by atoms with Crippen LogP contribution in [0.15, 0.2) is 24.3 Å². The molecule has 3 aliphatic rings. The van der Waals surface area contributed by atoms with E-state index in [0.717, 1.165) is 42.9 Å². The van der Waals surface area contributed by atoms with Gasteiger partial charge in [0.25, 0.3) is 5.91 Å². The molecule has 1 aliphatic carbocycles. The average molecular weight is 415 g/mol. The van der Waals surface area contributed by atoms with Crippen LogP contribution in [-0.4, -0.2) is 60.6 Å². The second-order valence-corrected chi connectivity index (χ2v) is 8.54. The third kappa shape index (κ3) is 3.64. The minimum Gasteiger partial charge on any atom is -0.378 e. The summed E-state index contributed by atoms with van der Waals surface area (Å²) < 4.78 is 5.37. The Kier molecular flexibility index (Phi) is 5.69. The van der Waals surface area contributed by atoms with Crippen molar-refractivity contribution in [3.8, 4) is 0 Å². The number of amides is 4. The third-order valence-corrected chi connectivity index (χ3v) is 6.73. The van der Waals surface area contributed by atoms with Gasteiger partial charge in [-0.15, -0.1) is 0 Å². The lowest BCUT2D eigenvalue weighted by atomic mass is 9.73. The monoisotopic (exact) mass is 414 g/mol. The molecule has 4 amide bonds. The maximum Gasteiger partial charge on any atom is 0.325 e. The van der Waals surface area contributed by atoms with Crippen LogP contribution in [0.4, 0.5) is 16.2 Å². The van der Waals surface area contributed by atoms with Crippen LogP contribution in [0.25, 0.3) is 0 Å². The number of benzene rings is 1. The van der Waals surface area contributed by atoms with Crippen molar-refractivity contribution in [1.82, 2.24) is 10.2 Å². The van der Waals surface area contributed by atoms with Crippen molar-refractivity contribution in [2.45, 2.75) is 51.1 Å². The maximum absolute atomic E-state index is 13.2. The highest BCUT2D eigenvalue weighted by Gasteiger charge is 2.56. The van der Waals surface area contributed by atoms with Crippen LogP contribution in [0, 0.1) is 5.92 Å². The van der Waals surface area contributed by atoms with Crippen LogP contribution >= 0.6 is 0 Å². The lowest BCUT2D eigenvalue weighted by Crippen LogP contribution is -2.54. The van der Waals surface area contributed by atoms with Gasteiger partial charge in [0, 0.05) is 24.5 Å². The highest BCUT2D eigenvalue weighted by Crippen LogP contribution is 2.38. The first-order valence-electron chi connectivity index (χ1n) is 10.8. The van der Waals surface area contributed by atoms with Crippen molar-refractivity contribution in [3.63, 3.8) is 0 Å². The molecule has 2 aliphatic heterocycles. The number of rotatable bonds is 4. The van der Waals surface area contributed by atoms with Gasteiger partial charge in [-0.3, -0.25) is 9.59 Å². The van der Waals surface area contributed by atoms with E-state index in [-0.39, 0.29) is 17.7 Å². The fraction of sp³-hybridized carbons (Fsp3) is 0.591. The molecule has 0 unspecified atom stereocenters. The van der Waals surface area contributed by atoms with Gasteiger partial charge < -0.3 is 20.3 Å². The molecule has 1 aromatic rings. The molecule has 4 rings (SSSR count). The molecule has 2 N–H and O–H groups in total. The predicted octanol–water partition coefficient (Wildman–Crippen LogP) is 2.35. The number of imide groups is 1. The lowest BCUT2D eigenvalue weighted by molar-refractivity contribution is -0.138. The summed E-state index contributed by atoms with van der Waals surface area (Å²) in [5, 5.41) is 5.74. The summed E-state index contributed by atoms with van der Waals surface area (Å²) in [7, 11) is 0. The van der Waals surface area contributed by atoms with E-state index in [0.29, 0.717) is 25.3 Å². The predicted molar refractivity (Wildman–Crippen MR) is 113 cm³/mol. The number of hydrogen-bond donors (Lipinski definition) is 2. The van der Waals surface area contributed by atoms with Gasteiger partial charge in [0.1, 0.15) is 11.6 Å². The second-order valence-electron chi connectivity index (χ2n) is 8.54. The molecular weight excluding hydrogens is 384 g/mol. The van der Waals surface area contributed by atoms with Gasteiger partial charge in [0.05, 0.1) is 13.2 Å². The average Bonchev–Trinajstić information content (AvgIpc) is 3.01. The summed E-state index contributed by atoms with van der Waals surface area (Å²) in [5.41, 5.74) is 0.854. The summed E-state index contributed by atoms with van der Waals surface area (Å²) in [6, 6.07) is 6.23. The largest absolute Gasteiger partial charge is 0.378 e. The zero-order valence-electron chi connectivity index (χ0n) is 17.6. The van der Waals surface area contributed by atoms with E-state index in [4.69, 9.17) is 4.74 Å². The van der Waals surface area contributed by atoms with Gasteiger partial charge in [-0.2, -0.15) is 0 Å². The lowest BCUT2D eigenvalue weighted by Gasteiger charge is -2.37. The van der Waals surface area contributed by atoms with E-state index in [2.05, 4.69) is 15.5 Å². The second kappa shape index (κ2) is 8.26. The first kappa shape index (κ1) is 20.7. The van der Waals surface area contributed by atoms with E-state index < -0.39 is 17.6 Å². The Morgan fingerprint density at radius 2 is 1.90 bits per heavy atom. The first-order chi connectivity index (χ1) is 14.4. The van der Waals surface area contributed by atoms with Crippen molar-refractivity contribution < 1.29 is 19.1 Å². The normalized spacial score (nSPS) is 27.9. The minimum absolute atomic E-state index is 0.0655. The topological polar surface area (TPSA) is 91.0 Å². The van der Waals surface area contributed by atoms with Crippen LogP contribution in [0.2, 0.25) is 0 Å². The third-order valence-electron chi connectivity index (χ3n) is 6.73. The Hall–Kier alpha value is -2.61. The molecule has 3 atom stereocenters. The minimum atomic E-state index is -0.884. The SMILES string of the molecule is C[C@H](C(=O)Nc1ccc(N2CCOCC2)cc1)N1C(=O)N[C@]2(CCCC[C@H]2C)C1=O. The molecule has 0 bridgehead atoms. The highest BCUT2D eigenvalue weighted by atomic mass is 16.5. The summed E-state index contributed by atoms with van der Waals surface area (Å²) in [5.74, 6) is -0.584. The number of nitrogens with one attached hydrogen (secondary N) is 2. The standard InChI is InChI=1S/C22H30N4O4/c1-15-5-3-4-10-22(15)20(28)26(21(29)24-22)16(2)19(27)23-17-6-8-18(9-7-17)25-11-13-30-14-12-25/h6-9,15-16H,3-5,10-14H2,1-2H3,(H,23,27)(H,24,29)/t15-,16-,22+/m1/s1. The van der Waals surface area contributed by atoms with Gasteiger partial charge >= 0.3 is 6.03 Å². The van der Waals surface area contributed by atoms with Gasteiger partial charge in [0.15, 0.2) is 0 Å². The molecule has 0 aromatic heterocycles. The van der Waals surface area contributed by atoms with Crippen molar-refractivity contribution >= 4 is 29.2 Å². The zero-order valence-corrected chi connectivity index (χ0v) is 17.6. The van der Waals surface area contributed by atoms with E-state index >= 15 is 0 Å². The Labute approximate surface area is 176 Å². The highest BCUT2D eigenvalue weighted by molar-refractivity contribution is 6.11. The van der Waals surface area contributed by atoms with Crippen molar-refractivity contribution in [2.24, 2.45) is 5.92 Å². The molecule has 8 heteroatoms. The summed E-state index contributed by atoms with van der Waals surface area (Å²) in [6.45, 7) is 6.71. The molecule has 2 heterocycles. The molecule has 30 heavy (non-hydrogen) atoms. The number of ether oxygens (including phenoxy) is 1. The Balaban J connectivity index is 1.42. The fourth-order valence-corrected chi connectivity index (χ4v) is 4.76. The smallest absolute Gasteiger partial charge is 0.325 e. The molecule has 8 nitrogen and oxygen atoms in total. The summed E-state index contributed by atoms with van der Waals surface area (Å²) in [6.07, 6.45) is 3.49. The van der Waals surface area contributed by atoms with Crippen molar-refractivity contribution in [2.75, 3.05) is 36.5 Å². The number of anilines is 2. The molecular formula is C22H30N4O4. The van der Waals surface area contributed by atoms with E-state index in [1.165, 1.54) is 0 Å². The Morgan fingerprint density at radius 1 is 1.20 bits per heavy atom. The van der Waals surface area contributed by atoms with Gasteiger partial charge in [-0.25, -0.2) is 9.69 Å². The van der Waals surface area contributed by atoms with Crippen LogP contribution < -0.4 is 15.5 Å². The van der Waals surface area contributed by atoms with Crippen LogP contribution in [0.1, 0.15) is 39.5 Å². The van der Waals surface area contributed by atoms with E-state index in [1.807, 2.05) is 31.2 Å². The number of urea groups is 1. The molecule has 1 saturated carbocycles. The quantitative estimate of drug-likeness (QED) is 0.738. The maximum atomic E-state index is 13.2. The molecule has 2 saturated heterocycles. The number of carbonyl (C=O) groups is 3. The molecule has 0 radical (unpaired) electrons. The van der Waals surface area contributed by atoms with Crippen molar-refractivity contribution in [1.29, 1.82) is 0 Å². The Bertz CT molecular complexity index is 821. The molecule has 162 valence electrons. The van der Waals surface area contributed by atoms with Gasteiger partial charge in [-0.1, -0.05) is 19.8 Å². The first-order valence-corrected chi connectivity index (χ1v) is 10.8. The molecule has 1 aromatic carbocycles. The molecule has 1 spiro atoms. The van der Waals surface area contributed by atoms with Crippen LogP contribution in [0.5, 0.6) is 0 Å². The number of carbonyl (C=O) groups excluding carboxylic acids is 3. The Morgan fingerprint density at radius 3 is 2.57 bits per heavy atom. The number of morpholine rings is 1. The zero-order chi connectivity index (χ0) is 21.3. The fourth-order valence-electron chi connectivity index (χ4n) is 4.76. The summed E-state index contributed by atoms with van der Waals surface area (Å²) in [4.78, 5) is 41.9. The number of hydrogen-bond acceptors (Lipinski definition) is 5. The van der Waals surface area contributed by atoms with Crippen LogP contribution in [-0.2, 0) is 14.3 Å².